The minimum atomic E-state index is -0.661. The molecule has 1 saturated heterocycles. The van der Waals surface area contributed by atoms with Crippen molar-refractivity contribution in [2.75, 3.05) is 18.9 Å². The number of ether oxygens (including phenoxy) is 1. The van der Waals surface area contributed by atoms with E-state index in [4.69, 9.17) is 15.0 Å². The first-order chi connectivity index (χ1) is 9.65. The van der Waals surface area contributed by atoms with Gasteiger partial charge in [0.1, 0.15) is 11.6 Å². The summed E-state index contributed by atoms with van der Waals surface area (Å²) in [6.07, 6.45) is 1.80. The highest BCUT2D eigenvalue weighted by Gasteiger charge is 2.26. The minimum absolute atomic E-state index is 0.0335. The molecule has 6 heteroatoms. The van der Waals surface area contributed by atoms with Crippen molar-refractivity contribution in [1.29, 1.82) is 0 Å². The number of nitrogens with two attached hydrogens (primary N) is 1. The van der Waals surface area contributed by atoms with E-state index in [0.29, 0.717) is 30.0 Å². The zero-order valence-electron chi connectivity index (χ0n) is 10.7. The van der Waals surface area contributed by atoms with Crippen molar-refractivity contribution in [3.63, 3.8) is 0 Å². The van der Waals surface area contributed by atoms with Gasteiger partial charge in [-0.2, -0.15) is 0 Å². The second-order valence-electron chi connectivity index (χ2n) is 4.88. The SMILES string of the molecule is Nc1onc(C2CCCOC2)c1-c1cc(F)cc(F)c1. The quantitative estimate of drug-likeness (QED) is 0.918. The molecule has 1 aliphatic rings. The fourth-order valence-electron chi connectivity index (χ4n) is 2.54. The average molecular weight is 280 g/mol. The summed E-state index contributed by atoms with van der Waals surface area (Å²) in [6, 6.07) is 3.26. The van der Waals surface area contributed by atoms with E-state index in [2.05, 4.69) is 5.16 Å². The largest absolute Gasteiger partial charge is 0.381 e. The topological polar surface area (TPSA) is 61.3 Å². The van der Waals surface area contributed by atoms with Gasteiger partial charge in [0.05, 0.1) is 17.9 Å². The smallest absolute Gasteiger partial charge is 0.230 e. The van der Waals surface area contributed by atoms with Crippen molar-refractivity contribution in [1.82, 2.24) is 5.16 Å². The van der Waals surface area contributed by atoms with Gasteiger partial charge in [-0.05, 0) is 30.5 Å². The Kier molecular flexibility index (Phi) is 3.40. The van der Waals surface area contributed by atoms with Crippen molar-refractivity contribution in [3.05, 3.63) is 35.5 Å². The molecule has 1 unspecified atom stereocenters. The Hall–Kier alpha value is -1.95. The fourth-order valence-corrected chi connectivity index (χ4v) is 2.54. The number of nitrogens with zero attached hydrogens (tertiary/aromatic N) is 1. The van der Waals surface area contributed by atoms with E-state index in [-0.39, 0.29) is 11.8 Å². The Bertz CT molecular complexity index is 601. The summed E-state index contributed by atoms with van der Waals surface area (Å²) in [5, 5.41) is 3.95. The van der Waals surface area contributed by atoms with Crippen LogP contribution in [0.25, 0.3) is 11.1 Å². The summed E-state index contributed by atoms with van der Waals surface area (Å²) in [4.78, 5) is 0. The van der Waals surface area contributed by atoms with Gasteiger partial charge in [0.15, 0.2) is 0 Å². The molecule has 1 aromatic carbocycles. The van der Waals surface area contributed by atoms with Gasteiger partial charge in [0.2, 0.25) is 5.88 Å². The van der Waals surface area contributed by atoms with Crippen LogP contribution >= 0.6 is 0 Å². The van der Waals surface area contributed by atoms with E-state index in [1.54, 1.807) is 0 Å². The predicted molar refractivity (Wildman–Crippen MR) is 69.1 cm³/mol. The van der Waals surface area contributed by atoms with Gasteiger partial charge in [-0.3, -0.25) is 0 Å². The monoisotopic (exact) mass is 280 g/mol. The van der Waals surface area contributed by atoms with Crippen LogP contribution in [0.1, 0.15) is 24.5 Å². The molecular weight excluding hydrogens is 266 g/mol. The molecule has 106 valence electrons. The van der Waals surface area contributed by atoms with Crippen LogP contribution in [0, 0.1) is 11.6 Å². The third kappa shape index (κ3) is 2.38. The van der Waals surface area contributed by atoms with Crippen LogP contribution in [0.3, 0.4) is 0 Å². The number of aromatic nitrogens is 1. The standard InChI is InChI=1S/C14H14F2N2O2/c15-10-4-9(5-11(16)6-10)12-13(18-20-14(12)17)8-2-1-3-19-7-8/h4-6,8H,1-3,7,17H2. The van der Waals surface area contributed by atoms with E-state index in [9.17, 15) is 8.78 Å². The maximum Gasteiger partial charge on any atom is 0.230 e. The lowest BCUT2D eigenvalue weighted by atomic mass is 9.92. The number of rotatable bonds is 2. The molecule has 0 amide bonds. The molecule has 0 radical (unpaired) electrons. The predicted octanol–water partition coefficient (Wildman–Crippen LogP) is 3.10. The van der Waals surface area contributed by atoms with Gasteiger partial charge in [-0.1, -0.05) is 5.16 Å². The van der Waals surface area contributed by atoms with Gasteiger partial charge in [-0.25, -0.2) is 8.78 Å². The van der Waals surface area contributed by atoms with Gasteiger partial charge >= 0.3 is 0 Å². The van der Waals surface area contributed by atoms with Gasteiger partial charge in [0.25, 0.3) is 0 Å². The molecule has 0 aliphatic carbocycles. The zero-order chi connectivity index (χ0) is 14.1. The molecule has 1 fully saturated rings. The van der Waals surface area contributed by atoms with Crippen LogP contribution in [0.2, 0.25) is 0 Å². The molecule has 0 spiro atoms. The second kappa shape index (κ2) is 5.20. The van der Waals surface area contributed by atoms with Crippen molar-refractivity contribution in [3.8, 4) is 11.1 Å². The maximum absolute atomic E-state index is 13.4. The van der Waals surface area contributed by atoms with Crippen molar-refractivity contribution >= 4 is 5.88 Å². The lowest BCUT2D eigenvalue weighted by Gasteiger charge is -2.20. The molecule has 3 rings (SSSR count). The molecular formula is C14H14F2N2O2. The first-order valence-corrected chi connectivity index (χ1v) is 6.44. The molecule has 2 aromatic rings. The van der Waals surface area contributed by atoms with Crippen LogP contribution in [0.4, 0.5) is 14.7 Å². The van der Waals surface area contributed by atoms with Crippen LogP contribution < -0.4 is 5.73 Å². The highest BCUT2D eigenvalue weighted by Crippen LogP contribution is 2.37. The molecule has 1 aromatic heterocycles. The van der Waals surface area contributed by atoms with E-state index < -0.39 is 11.6 Å². The molecule has 1 atom stereocenters. The highest BCUT2D eigenvalue weighted by atomic mass is 19.1. The molecule has 2 N–H and O–H groups in total. The summed E-state index contributed by atoms with van der Waals surface area (Å²) < 4.78 is 37.2. The fraction of sp³-hybridized carbons (Fsp3) is 0.357. The normalized spacial score (nSPS) is 19.2. The molecule has 1 aliphatic heterocycles. The van der Waals surface area contributed by atoms with Crippen molar-refractivity contribution in [2.24, 2.45) is 0 Å². The molecule has 0 saturated carbocycles. The average Bonchev–Trinajstić information content (AvgIpc) is 2.80. The number of hydrogen-bond acceptors (Lipinski definition) is 4. The third-order valence-electron chi connectivity index (χ3n) is 3.44. The molecule has 20 heavy (non-hydrogen) atoms. The number of hydrogen-bond donors (Lipinski definition) is 1. The van der Waals surface area contributed by atoms with E-state index >= 15 is 0 Å². The van der Waals surface area contributed by atoms with E-state index in [1.165, 1.54) is 12.1 Å². The van der Waals surface area contributed by atoms with Crippen LogP contribution in [-0.4, -0.2) is 18.4 Å². The van der Waals surface area contributed by atoms with Gasteiger partial charge < -0.3 is 15.0 Å². The molecule has 0 bridgehead atoms. The van der Waals surface area contributed by atoms with E-state index in [1.807, 2.05) is 0 Å². The summed E-state index contributed by atoms with van der Waals surface area (Å²) in [7, 11) is 0. The highest BCUT2D eigenvalue weighted by molar-refractivity contribution is 5.75. The number of benzene rings is 1. The zero-order valence-corrected chi connectivity index (χ0v) is 10.7. The summed E-state index contributed by atoms with van der Waals surface area (Å²) in [5.41, 5.74) is 7.16. The Labute approximate surface area is 114 Å². The molecule has 2 heterocycles. The summed E-state index contributed by atoms with van der Waals surface area (Å²) >= 11 is 0. The maximum atomic E-state index is 13.4. The minimum Gasteiger partial charge on any atom is -0.381 e. The first-order valence-electron chi connectivity index (χ1n) is 6.44. The first kappa shape index (κ1) is 13.1. The Morgan fingerprint density at radius 3 is 2.60 bits per heavy atom. The summed E-state index contributed by atoms with van der Waals surface area (Å²) in [5.74, 6) is -1.22. The third-order valence-corrected chi connectivity index (χ3v) is 3.44. The van der Waals surface area contributed by atoms with Crippen LogP contribution in [0.5, 0.6) is 0 Å². The number of nitrogen functional groups attached to an aromatic ring is 1. The number of halogens is 2. The van der Waals surface area contributed by atoms with Crippen LogP contribution in [0.15, 0.2) is 22.7 Å². The Balaban J connectivity index is 2.06. The number of anilines is 1. The second-order valence-corrected chi connectivity index (χ2v) is 4.88. The van der Waals surface area contributed by atoms with Crippen molar-refractivity contribution < 1.29 is 18.0 Å². The van der Waals surface area contributed by atoms with Crippen molar-refractivity contribution in [2.45, 2.75) is 18.8 Å². The lowest BCUT2D eigenvalue weighted by molar-refractivity contribution is 0.0785. The van der Waals surface area contributed by atoms with Gasteiger partial charge in [-0.15, -0.1) is 0 Å². The molecule has 4 nitrogen and oxygen atoms in total. The lowest BCUT2D eigenvalue weighted by Crippen LogP contribution is -2.16. The van der Waals surface area contributed by atoms with E-state index in [0.717, 1.165) is 18.9 Å². The summed E-state index contributed by atoms with van der Waals surface area (Å²) in [6.45, 7) is 1.23. The Morgan fingerprint density at radius 2 is 1.95 bits per heavy atom. The van der Waals surface area contributed by atoms with Crippen LogP contribution in [-0.2, 0) is 4.74 Å². The Morgan fingerprint density at radius 1 is 1.20 bits per heavy atom. The van der Waals surface area contributed by atoms with Gasteiger partial charge in [0, 0.05) is 18.6 Å².